The highest BCUT2D eigenvalue weighted by Gasteiger charge is 2.21. The minimum atomic E-state index is -0.407. The number of para-hydroxylation sites is 1. The predicted octanol–water partition coefficient (Wildman–Crippen LogP) is 1.69. The fourth-order valence-corrected chi connectivity index (χ4v) is 2.51. The van der Waals surface area contributed by atoms with Crippen molar-refractivity contribution in [2.24, 2.45) is 0 Å². The molecule has 0 aromatic heterocycles. The van der Waals surface area contributed by atoms with Gasteiger partial charge in [0.1, 0.15) is 5.82 Å². The van der Waals surface area contributed by atoms with Gasteiger partial charge in [0, 0.05) is 19.6 Å². The lowest BCUT2D eigenvalue weighted by Gasteiger charge is -2.30. The van der Waals surface area contributed by atoms with Crippen LogP contribution in [0.1, 0.15) is 23.2 Å². The number of halogens is 1. The van der Waals surface area contributed by atoms with Gasteiger partial charge in [0.25, 0.3) is 5.91 Å². The molecule has 19 heavy (non-hydrogen) atoms. The number of nitrogens with zero attached hydrogens (tertiary/aromatic N) is 1. The van der Waals surface area contributed by atoms with Crippen molar-refractivity contribution >= 4 is 11.6 Å². The monoisotopic (exact) mass is 265 g/mol. The lowest BCUT2D eigenvalue weighted by molar-refractivity contribution is 0.0913. The minimum Gasteiger partial charge on any atom is -0.385 e. The molecule has 0 aliphatic carbocycles. The number of likely N-dealkylation sites (tertiary alicyclic amines) is 1. The first kappa shape index (κ1) is 13.8. The maximum absolute atomic E-state index is 13.6. The molecule has 5 heteroatoms. The zero-order valence-electron chi connectivity index (χ0n) is 11.4. The number of benzene rings is 1. The highest BCUT2D eigenvalue weighted by molar-refractivity contribution is 5.99. The second-order valence-electron chi connectivity index (χ2n) is 4.99. The van der Waals surface area contributed by atoms with E-state index in [1.807, 2.05) is 7.05 Å². The van der Waals surface area contributed by atoms with E-state index in [0.29, 0.717) is 5.56 Å². The number of anilines is 1. The molecule has 1 heterocycles. The molecule has 0 bridgehead atoms. The molecular weight excluding hydrogens is 245 g/mol. The third-order valence-corrected chi connectivity index (χ3v) is 3.47. The summed E-state index contributed by atoms with van der Waals surface area (Å²) in [6.07, 6.45) is 2.05. The van der Waals surface area contributed by atoms with Gasteiger partial charge in [-0.3, -0.25) is 4.79 Å². The summed E-state index contributed by atoms with van der Waals surface area (Å²) in [4.78, 5) is 14.4. The van der Waals surface area contributed by atoms with Crippen molar-refractivity contribution in [2.75, 3.05) is 32.5 Å². The number of carbonyl (C=O) groups excluding carboxylic acids is 1. The van der Waals surface area contributed by atoms with E-state index < -0.39 is 5.82 Å². The Balaban J connectivity index is 2.09. The third kappa shape index (κ3) is 3.23. The first-order chi connectivity index (χ1) is 9.11. The number of hydrogen-bond acceptors (Lipinski definition) is 3. The van der Waals surface area contributed by atoms with Crippen molar-refractivity contribution in [3.63, 3.8) is 0 Å². The highest BCUT2D eigenvalue weighted by atomic mass is 19.1. The number of nitrogens with one attached hydrogen (secondary N) is 2. The van der Waals surface area contributed by atoms with Crippen molar-refractivity contribution in [2.45, 2.75) is 18.9 Å². The van der Waals surface area contributed by atoms with Crippen LogP contribution in [0, 0.1) is 5.82 Å². The summed E-state index contributed by atoms with van der Waals surface area (Å²) in [7, 11) is 3.66. The van der Waals surface area contributed by atoms with Gasteiger partial charge in [0.15, 0.2) is 0 Å². The molecule has 1 fully saturated rings. The Labute approximate surface area is 113 Å². The Morgan fingerprint density at radius 1 is 1.47 bits per heavy atom. The molecule has 2 N–H and O–H groups in total. The normalized spacial score (nSPS) is 20.1. The van der Waals surface area contributed by atoms with Crippen LogP contribution < -0.4 is 10.6 Å². The first-order valence-corrected chi connectivity index (χ1v) is 6.57. The van der Waals surface area contributed by atoms with Crippen LogP contribution in [0.4, 0.5) is 10.1 Å². The fourth-order valence-electron chi connectivity index (χ4n) is 2.51. The Bertz CT molecular complexity index is 464. The van der Waals surface area contributed by atoms with Crippen molar-refractivity contribution in [3.05, 3.63) is 29.6 Å². The molecule has 0 saturated carbocycles. The standard InChI is InChI=1S/C14H20FN3O/c1-16-13-11(6-3-7-12(13)15)14(19)17-10-5-4-8-18(2)9-10/h3,6-7,10,16H,4-5,8-9H2,1-2H3,(H,17,19). The number of rotatable bonds is 3. The minimum absolute atomic E-state index is 0.138. The van der Waals surface area contributed by atoms with Gasteiger partial charge in [-0.2, -0.15) is 0 Å². The van der Waals surface area contributed by atoms with Gasteiger partial charge in [-0.05, 0) is 38.6 Å². The second kappa shape index (κ2) is 6.02. The predicted molar refractivity (Wildman–Crippen MR) is 73.9 cm³/mol. The lowest BCUT2D eigenvalue weighted by Crippen LogP contribution is -2.46. The summed E-state index contributed by atoms with van der Waals surface area (Å²) in [5.41, 5.74) is 0.611. The lowest BCUT2D eigenvalue weighted by atomic mass is 10.1. The second-order valence-corrected chi connectivity index (χ2v) is 4.99. The summed E-state index contributed by atoms with van der Waals surface area (Å²) in [5.74, 6) is -0.625. The molecule has 1 aromatic rings. The first-order valence-electron chi connectivity index (χ1n) is 6.57. The smallest absolute Gasteiger partial charge is 0.253 e. The SMILES string of the molecule is CNc1c(F)cccc1C(=O)NC1CCCN(C)C1. The van der Waals surface area contributed by atoms with E-state index in [1.165, 1.54) is 6.07 Å². The number of carbonyl (C=O) groups is 1. The van der Waals surface area contributed by atoms with Crippen LogP contribution >= 0.6 is 0 Å². The number of piperidine rings is 1. The molecule has 104 valence electrons. The van der Waals surface area contributed by atoms with Gasteiger partial charge in [-0.15, -0.1) is 0 Å². The Kier molecular flexibility index (Phi) is 4.37. The average Bonchev–Trinajstić information content (AvgIpc) is 2.38. The summed E-state index contributed by atoms with van der Waals surface area (Å²) >= 11 is 0. The van der Waals surface area contributed by atoms with Crippen molar-refractivity contribution in [1.82, 2.24) is 10.2 Å². The van der Waals surface area contributed by atoms with Crippen molar-refractivity contribution in [1.29, 1.82) is 0 Å². The summed E-state index contributed by atoms with van der Waals surface area (Å²) in [6, 6.07) is 4.67. The van der Waals surface area contributed by atoms with Gasteiger partial charge in [0.2, 0.25) is 0 Å². The molecule has 0 spiro atoms. The Hall–Kier alpha value is -1.62. The van der Waals surface area contributed by atoms with Gasteiger partial charge >= 0.3 is 0 Å². The molecule has 1 saturated heterocycles. The maximum atomic E-state index is 13.6. The zero-order chi connectivity index (χ0) is 13.8. The quantitative estimate of drug-likeness (QED) is 0.874. The Morgan fingerprint density at radius 3 is 2.95 bits per heavy atom. The van der Waals surface area contributed by atoms with Crippen LogP contribution in [0.5, 0.6) is 0 Å². The molecule has 1 aliphatic rings. The molecule has 2 rings (SSSR count). The average molecular weight is 265 g/mol. The van der Waals surface area contributed by atoms with Crippen LogP contribution in [0.2, 0.25) is 0 Å². The van der Waals surface area contributed by atoms with Crippen LogP contribution in [-0.4, -0.2) is 44.0 Å². The van der Waals surface area contributed by atoms with Crippen LogP contribution in [0.15, 0.2) is 18.2 Å². The molecule has 1 aliphatic heterocycles. The maximum Gasteiger partial charge on any atom is 0.253 e. The molecule has 1 amide bonds. The number of likely N-dealkylation sites (N-methyl/N-ethyl adjacent to an activating group) is 1. The summed E-state index contributed by atoms with van der Waals surface area (Å²) in [5, 5.41) is 5.72. The zero-order valence-corrected chi connectivity index (χ0v) is 11.4. The molecule has 1 unspecified atom stereocenters. The van der Waals surface area contributed by atoms with Crippen LogP contribution in [-0.2, 0) is 0 Å². The highest BCUT2D eigenvalue weighted by Crippen LogP contribution is 2.19. The van der Waals surface area contributed by atoms with Gasteiger partial charge < -0.3 is 15.5 Å². The van der Waals surface area contributed by atoms with E-state index >= 15 is 0 Å². The van der Waals surface area contributed by atoms with Gasteiger partial charge in [0.05, 0.1) is 11.3 Å². The van der Waals surface area contributed by atoms with Crippen LogP contribution in [0.25, 0.3) is 0 Å². The van der Waals surface area contributed by atoms with E-state index in [4.69, 9.17) is 0 Å². The summed E-state index contributed by atoms with van der Waals surface area (Å²) < 4.78 is 13.6. The third-order valence-electron chi connectivity index (χ3n) is 3.47. The number of hydrogen-bond donors (Lipinski definition) is 2. The Morgan fingerprint density at radius 2 is 2.26 bits per heavy atom. The van der Waals surface area contributed by atoms with Gasteiger partial charge in [-0.1, -0.05) is 6.07 Å². The van der Waals surface area contributed by atoms with Crippen molar-refractivity contribution < 1.29 is 9.18 Å². The molecule has 0 radical (unpaired) electrons. The van der Waals surface area contributed by atoms with E-state index in [9.17, 15) is 9.18 Å². The molecule has 1 aromatic carbocycles. The van der Waals surface area contributed by atoms with E-state index in [0.717, 1.165) is 25.9 Å². The molecule has 1 atom stereocenters. The number of amides is 1. The van der Waals surface area contributed by atoms with Gasteiger partial charge in [-0.25, -0.2) is 4.39 Å². The van der Waals surface area contributed by atoms with Crippen molar-refractivity contribution in [3.8, 4) is 0 Å². The van der Waals surface area contributed by atoms with E-state index in [1.54, 1.807) is 19.2 Å². The molecular formula is C14H20FN3O. The van der Waals surface area contributed by atoms with Crippen LogP contribution in [0.3, 0.4) is 0 Å². The topological polar surface area (TPSA) is 44.4 Å². The fraction of sp³-hybridized carbons (Fsp3) is 0.500. The summed E-state index contributed by atoms with van der Waals surface area (Å²) in [6.45, 7) is 1.91. The van der Waals surface area contributed by atoms with E-state index in [-0.39, 0.29) is 17.6 Å². The molecule has 4 nitrogen and oxygen atoms in total. The van der Waals surface area contributed by atoms with E-state index in [2.05, 4.69) is 15.5 Å². The largest absolute Gasteiger partial charge is 0.385 e.